The highest BCUT2D eigenvalue weighted by molar-refractivity contribution is 7.99. The molecule has 0 fully saturated rings. The molecule has 0 amide bonds. The van der Waals surface area contributed by atoms with E-state index in [1.54, 1.807) is 23.4 Å². The lowest BCUT2D eigenvalue weighted by Crippen LogP contribution is -2.03. The van der Waals surface area contributed by atoms with Crippen molar-refractivity contribution in [1.29, 1.82) is 0 Å². The fourth-order valence-corrected chi connectivity index (χ4v) is 2.69. The Kier molecular flexibility index (Phi) is 4.89. The van der Waals surface area contributed by atoms with Gasteiger partial charge in [0.15, 0.2) is 0 Å². The van der Waals surface area contributed by atoms with Gasteiger partial charge in [0.25, 0.3) is 0 Å². The van der Waals surface area contributed by atoms with E-state index < -0.39 is 0 Å². The standard InChI is InChI=1S/C14H18N4OS/c1-10-6-4-8-13(12(10)3)18-14(15-16-17-18)20-9-5-7-11(2)19/h4,6,8H,5,7,9H2,1-3H3. The summed E-state index contributed by atoms with van der Waals surface area (Å²) in [4.78, 5) is 10.9. The number of nitrogens with zero attached hydrogens (tertiary/aromatic N) is 4. The van der Waals surface area contributed by atoms with Crippen molar-refractivity contribution in [3.05, 3.63) is 29.3 Å². The van der Waals surface area contributed by atoms with Crippen LogP contribution in [0.1, 0.15) is 30.9 Å². The Balaban J connectivity index is 2.12. The van der Waals surface area contributed by atoms with Crippen molar-refractivity contribution in [1.82, 2.24) is 20.2 Å². The van der Waals surface area contributed by atoms with Gasteiger partial charge in [-0.15, -0.1) is 5.10 Å². The third-order valence-corrected chi connectivity index (χ3v) is 4.16. The normalized spacial score (nSPS) is 10.8. The highest BCUT2D eigenvalue weighted by atomic mass is 32.2. The maximum absolute atomic E-state index is 10.9. The van der Waals surface area contributed by atoms with Gasteiger partial charge in [-0.25, -0.2) is 0 Å². The molecule has 0 spiro atoms. The quantitative estimate of drug-likeness (QED) is 0.604. The van der Waals surface area contributed by atoms with Gasteiger partial charge >= 0.3 is 0 Å². The summed E-state index contributed by atoms with van der Waals surface area (Å²) in [6.45, 7) is 5.75. The number of benzene rings is 1. The van der Waals surface area contributed by atoms with Gasteiger partial charge in [0, 0.05) is 12.2 Å². The molecule has 0 saturated carbocycles. The summed E-state index contributed by atoms with van der Waals surface area (Å²) in [6.07, 6.45) is 1.46. The van der Waals surface area contributed by atoms with Crippen LogP contribution in [0.3, 0.4) is 0 Å². The summed E-state index contributed by atoms with van der Waals surface area (Å²) in [5, 5.41) is 12.7. The monoisotopic (exact) mass is 290 g/mol. The second kappa shape index (κ2) is 6.65. The Hall–Kier alpha value is -1.69. The van der Waals surface area contributed by atoms with E-state index in [9.17, 15) is 4.79 Å². The molecule has 0 unspecified atom stereocenters. The van der Waals surface area contributed by atoms with Crippen LogP contribution in [0, 0.1) is 13.8 Å². The molecule has 0 N–H and O–H groups in total. The lowest BCUT2D eigenvalue weighted by atomic mass is 10.1. The number of Topliss-reactive ketones (excluding diaryl/α,β-unsaturated/α-hetero) is 1. The molecule has 0 aliphatic heterocycles. The van der Waals surface area contributed by atoms with E-state index in [1.165, 1.54) is 11.1 Å². The molecule has 0 atom stereocenters. The molecule has 0 bridgehead atoms. The van der Waals surface area contributed by atoms with E-state index in [4.69, 9.17) is 0 Å². The number of aromatic nitrogens is 4. The van der Waals surface area contributed by atoms with Gasteiger partial charge in [0.2, 0.25) is 5.16 Å². The van der Waals surface area contributed by atoms with Gasteiger partial charge in [0.05, 0.1) is 5.69 Å². The number of aryl methyl sites for hydroxylation is 1. The Bertz CT molecular complexity index is 609. The highest BCUT2D eigenvalue weighted by Crippen LogP contribution is 2.22. The van der Waals surface area contributed by atoms with Crippen LogP contribution in [0.25, 0.3) is 5.69 Å². The van der Waals surface area contributed by atoms with Gasteiger partial charge in [-0.1, -0.05) is 23.9 Å². The Morgan fingerprint density at radius 2 is 2.15 bits per heavy atom. The average molecular weight is 290 g/mol. The molecule has 1 aromatic carbocycles. The van der Waals surface area contributed by atoms with Crippen LogP contribution in [-0.4, -0.2) is 31.7 Å². The lowest BCUT2D eigenvalue weighted by Gasteiger charge is -2.09. The first-order valence-corrected chi connectivity index (χ1v) is 7.55. The number of carbonyl (C=O) groups excluding carboxylic acids is 1. The van der Waals surface area contributed by atoms with Crippen molar-refractivity contribution >= 4 is 17.5 Å². The fourth-order valence-electron chi connectivity index (χ4n) is 1.87. The van der Waals surface area contributed by atoms with Crippen LogP contribution in [0.15, 0.2) is 23.4 Å². The zero-order chi connectivity index (χ0) is 14.5. The maximum Gasteiger partial charge on any atom is 0.214 e. The summed E-state index contributed by atoms with van der Waals surface area (Å²) in [6, 6.07) is 6.09. The zero-order valence-electron chi connectivity index (χ0n) is 12.0. The first-order valence-electron chi connectivity index (χ1n) is 6.57. The van der Waals surface area contributed by atoms with Gasteiger partial charge in [-0.3, -0.25) is 0 Å². The smallest absolute Gasteiger partial charge is 0.214 e. The summed E-state index contributed by atoms with van der Waals surface area (Å²) >= 11 is 1.58. The Morgan fingerprint density at radius 3 is 2.90 bits per heavy atom. The van der Waals surface area contributed by atoms with Gasteiger partial charge in [-0.05, 0) is 54.8 Å². The van der Waals surface area contributed by atoms with Crippen LogP contribution in [0.4, 0.5) is 0 Å². The summed E-state index contributed by atoms with van der Waals surface area (Å²) in [7, 11) is 0. The second-order valence-electron chi connectivity index (χ2n) is 4.75. The summed E-state index contributed by atoms with van der Waals surface area (Å²) in [5.74, 6) is 1.06. The van der Waals surface area contributed by atoms with Crippen molar-refractivity contribution < 1.29 is 4.79 Å². The lowest BCUT2D eigenvalue weighted by molar-refractivity contribution is -0.117. The SMILES string of the molecule is CC(=O)CCCSc1nnnn1-c1cccc(C)c1C. The Labute approximate surface area is 122 Å². The minimum atomic E-state index is 0.222. The molecule has 0 saturated heterocycles. The molecule has 20 heavy (non-hydrogen) atoms. The molecular weight excluding hydrogens is 272 g/mol. The molecule has 2 rings (SSSR count). The minimum absolute atomic E-state index is 0.222. The number of carbonyl (C=O) groups is 1. The molecule has 0 aliphatic carbocycles. The highest BCUT2D eigenvalue weighted by Gasteiger charge is 2.11. The molecule has 0 aliphatic rings. The predicted octanol–water partition coefficient (Wildman–Crippen LogP) is 2.74. The fraction of sp³-hybridized carbons (Fsp3) is 0.429. The van der Waals surface area contributed by atoms with E-state index in [0.29, 0.717) is 6.42 Å². The van der Waals surface area contributed by atoms with Gasteiger partial charge in [-0.2, -0.15) is 4.68 Å². The van der Waals surface area contributed by atoms with Crippen molar-refractivity contribution in [2.75, 3.05) is 5.75 Å². The van der Waals surface area contributed by atoms with Gasteiger partial charge < -0.3 is 4.79 Å². The molecule has 106 valence electrons. The number of thioether (sulfide) groups is 1. The molecule has 5 nitrogen and oxygen atoms in total. The number of tetrazole rings is 1. The Morgan fingerprint density at radius 1 is 1.35 bits per heavy atom. The van der Waals surface area contributed by atoms with Crippen LogP contribution in [0.5, 0.6) is 0 Å². The number of hydrogen-bond donors (Lipinski definition) is 0. The number of hydrogen-bond acceptors (Lipinski definition) is 5. The van der Waals surface area contributed by atoms with Crippen LogP contribution >= 0.6 is 11.8 Å². The largest absolute Gasteiger partial charge is 0.300 e. The van der Waals surface area contributed by atoms with Gasteiger partial charge in [0.1, 0.15) is 5.78 Å². The molecular formula is C14H18N4OS. The third kappa shape index (κ3) is 3.45. The second-order valence-corrected chi connectivity index (χ2v) is 5.81. The number of ketones is 1. The number of rotatable bonds is 6. The molecule has 2 aromatic rings. The van der Waals surface area contributed by atoms with Crippen LogP contribution < -0.4 is 0 Å². The first-order chi connectivity index (χ1) is 9.59. The third-order valence-electron chi connectivity index (χ3n) is 3.15. The summed E-state index contributed by atoms with van der Waals surface area (Å²) in [5.41, 5.74) is 3.39. The zero-order valence-corrected chi connectivity index (χ0v) is 12.8. The van der Waals surface area contributed by atoms with E-state index in [2.05, 4.69) is 35.4 Å². The van der Waals surface area contributed by atoms with Crippen molar-refractivity contribution in [3.8, 4) is 5.69 Å². The van der Waals surface area contributed by atoms with E-state index >= 15 is 0 Å². The molecule has 6 heteroatoms. The van der Waals surface area contributed by atoms with E-state index in [-0.39, 0.29) is 5.78 Å². The molecule has 1 heterocycles. The molecule has 1 aromatic heterocycles. The molecule has 0 radical (unpaired) electrons. The van der Waals surface area contributed by atoms with Crippen LogP contribution in [-0.2, 0) is 4.79 Å². The first kappa shape index (κ1) is 14.7. The maximum atomic E-state index is 10.9. The average Bonchev–Trinajstić information content (AvgIpc) is 2.86. The van der Waals surface area contributed by atoms with E-state index in [1.807, 2.05) is 12.1 Å². The van der Waals surface area contributed by atoms with E-state index in [0.717, 1.165) is 23.0 Å². The van der Waals surface area contributed by atoms with Crippen molar-refractivity contribution in [2.24, 2.45) is 0 Å². The predicted molar refractivity (Wildman–Crippen MR) is 79.3 cm³/mol. The summed E-state index contributed by atoms with van der Waals surface area (Å²) < 4.78 is 1.76. The van der Waals surface area contributed by atoms with Crippen molar-refractivity contribution in [2.45, 2.75) is 38.8 Å². The van der Waals surface area contributed by atoms with Crippen LogP contribution in [0.2, 0.25) is 0 Å². The van der Waals surface area contributed by atoms with Crippen molar-refractivity contribution in [3.63, 3.8) is 0 Å². The topological polar surface area (TPSA) is 60.7 Å². The minimum Gasteiger partial charge on any atom is -0.300 e.